The van der Waals surface area contributed by atoms with Gasteiger partial charge < -0.3 is 20.4 Å². The molecule has 0 atom stereocenters. The van der Waals surface area contributed by atoms with Gasteiger partial charge >= 0.3 is 6.09 Å². The lowest BCUT2D eigenvalue weighted by Gasteiger charge is -2.09. The Bertz CT molecular complexity index is 1270. The number of allylic oxidation sites excluding steroid dienone is 10. The molecule has 2 aromatic rings. The van der Waals surface area contributed by atoms with Crippen molar-refractivity contribution in [2.45, 2.75) is 65.2 Å². The number of fused-ring (bicyclic) bond motifs is 1. The lowest BCUT2D eigenvalue weighted by Crippen LogP contribution is -2.36. The minimum atomic E-state index is -0.681. The molecule has 3 N–H and O–H groups in total. The van der Waals surface area contributed by atoms with Crippen LogP contribution in [0.2, 0.25) is 0 Å². The van der Waals surface area contributed by atoms with E-state index in [1.54, 1.807) is 25.1 Å². The van der Waals surface area contributed by atoms with Crippen LogP contribution in [0.15, 0.2) is 83.8 Å². The molecule has 40 heavy (non-hydrogen) atoms. The number of hydrogen-bond acceptors (Lipinski definition) is 5. The first-order valence-electron chi connectivity index (χ1n) is 14.0. The van der Waals surface area contributed by atoms with Gasteiger partial charge in [0.05, 0.1) is 5.39 Å². The number of carbonyl (C=O) groups excluding carboxylic acids is 2. The lowest BCUT2D eigenvalue weighted by atomic mass is 10.2. The fraction of sp³-hybridized carbons (Fsp3) is 0.375. The van der Waals surface area contributed by atoms with Crippen LogP contribution >= 0.6 is 0 Å². The molecule has 0 bridgehead atoms. The van der Waals surface area contributed by atoms with E-state index in [4.69, 9.17) is 4.74 Å². The van der Waals surface area contributed by atoms with Crippen molar-refractivity contribution >= 4 is 22.9 Å². The van der Waals surface area contributed by atoms with E-state index in [1.807, 2.05) is 0 Å². The Morgan fingerprint density at radius 3 is 2.12 bits per heavy atom. The number of carbonyl (C=O) groups is 2. The standard InChI is InChI=1S/C32H42N4O4/c1-3-4-5-6-7-8-9-10-11-12-13-14-15-16-17-18-19-23-29(37)33-24-25-34-32(39)40-28-22-20-21-27-30(28)35-26(2)36-31(27)38/h4-5,7-8,10-11,13-14,16-17,20-22H,3,6,9,12,15,18-19,23-25H2,1-2H3,(H,33,37)(H,34,39)(H,35,36,38). The van der Waals surface area contributed by atoms with Gasteiger partial charge in [-0.2, -0.15) is 0 Å². The van der Waals surface area contributed by atoms with E-state index < -0.39 is 6.09 Å². The Morgan fingerprint density at radius 1 is 0.875 bits per heavy atom. The number of aromatic nitrogens is 2. The first-order valence-corrected chi connectivity index (χ1v) is 14.0. The van der Waals surface area contributed by atoms with E-state index in [-0.39, 0.29) is 23.8 Å². The van der Waals surface area contributed by atoms with Crippen molar-refractivity contribution in [3.8, 4) is 5.75 Å². The van der Waals surface area contributed by atoms with Crippen LogP contribution < -0.4 is 20.9 Å². The summed E-state index contributed by atoms with van der Waals surface area (Å²) in [5, 5.41) is 5.72. The minimum absolute atomic E-state index is 0.0597. The van der Waals surface area contributed by atoms with Crippen molar-refractivity contribution in [3.63, 3.8) is 0 Å². The van der Waals surface area contributed by atoms with E-state index in [1.165, 1.54) is 0 Å². The van der Waals surface area contributed by atoms with E-state index in [2.05, 4.69) is 88.3 Å². The van der Waals surface area contributed by atoms with Crippen molar-refractivity contribution in [1.29, 1.82) is 0 Å². The van der Waals surface area contributed by atoms with E-state index in [0.717, 1.165) is 44.9 Å². The zero-order chi connectivity index (χ0) is 28.8. The number of aryl methyl sites for hydroxylation is 1. The van der Waals surface area contributed by atoms with Crippen LogP contribution in [0.4, 0.5) is 4.79 Å². The zero-order valence-electron chi connectivity index (χ0n) is 23.7. The van der Waals surface area contributed by atoms with Crippen LogP contribution in [0.1, 0.15) is 64.1 Å². The van der Waals surface area contributed by atoms with Crippen LogP contribution in [0.25, 0.3) is 10.9 Å². The number of rotatable bonds is 17. The Hall–Kier alpha value is -4.20. The summed E-state index contributed by atoms with van der Waals surface area (Å²) in [7, 11) is 0. The highest BCUT2D eigenvalue weighted by Crippen LogP contribution is 2.21. The highest BCUT2D eigenvalue weighted by atomic mass is 16.6. The third-order valence-electron chi connectivity index (χ3n) is 5.67. The summed E-state index contributed by atoms with van der Waals surface area (Å²) in [6.45, 7) is 4.31. The number of aromatic amines is 1. The number of para-hydroxylation sites is 1. The third kappa shape index (κ3) is 13.6. The van der Waals surface area contributed by atoms with Gasteiger partial charge in [0.15, 0.2) is 5.75 Å². The van der Waals surface area contributed by atoms with Gasteiger partial charge in [-0.3, -0.25) is 9.59 Å². The smallest absolute Gasteiger partial charge is 0.408 e. The number of H-pyrrole nitrogens is 1. The molecule has 0 aliphatic heterocycles. The fourth-order valence-corrected chi connectivity index (χ4v) is 3.67. The van der Waals surface area contributed by atoms with Gasteiger partial charge in [0.25, 0.3) is 5.56 Å². The molecule has 2 rings (SSSR count). The van der Waals surface area contributed by atoms with Crippen LogP contribution in [-0.4, -0.2) is 35.1 Å². The zero-order valence-corrected chi connectivity index (χ0v) is 23.7. The van der Waals surface area contributed by atoms with Crippen molar-refractivity contribution < 1.29 is 14.3 Å². The second-order valence-corrected chi connectivity index (χ2v) is 9.07. The van der Waals surface area contributed by atoms with E-state index >= 15 is 0 Å². The average Bonchev–Trinajstić information content (AvgIpc) is 2.93. The molecule has 1 aromatic heterocycles. The number of benzene rings is 1. The Morgan fingerprint density at radius 2 is 1.48 bits per heavy atom. The van der Waals surface area contributed by atoms with Crippen molar-refractivity contribution in [3.05, 3.63) is 95.1 Å². The Labute approximate surface area is 237 Å². The van der Waals surface area contributed by atoms with E-state index in [9.17, 15) is 14.4 Å². The summed E-state index contributed by atoms with van der Waals surface area (Å²) < 4.78 is 5.31. The normalized spacial score (nSPS) is 12.1. The van der Waals surface area contributed by atoms with Gasteiger partial charge in [-0.05, 0) is 64.0 Å². The third-order valence-corrected chi connectivity index (χ3v) is 5.67. The molecule has 0 radical (unpaired) electrons. The second kappa shape index (κ2) is 19.8. The predicted octanol–water partition coefficient (Wildman–Crippen LogP) is 6.36. The molecule has 8 nitrogen and oxygen atoms in total. The van der Waals surface area contributed by atoms with Crippen molar-refractivity contribution in [2.75, 3.05) is 13.1 Å². The summed E-state index contributed by atoms with van der Waals surface area (Å²) in [4.78, 5) is 43.1. The molecule has 0 fully saturated rings. The van der Waals surface area contributed by atoms with Gasteiger partial charge in [-0.1, -0.05) is 73.8 Å². The SMILES string of the molecule is CCC=CCC=CCC=CCC=CCC=CCCCC(=O)NCCNC(=O)Oc1cccc2c(=O)[nH]c(C)nc12. The topological polar surface area (TPSA) is 113 Å². The molecule has 0 unspecified atom stereocenters. The molecule has 0 saturated heterocycles. The van der Waals surface area contributed by atoms with E-state index in [0.29, 0.717) is 29.7 Å². The monoisotopic (exact) mass is 546 g/mol. The van der Waals surface area contributed by atoms with Crippen molar-refractivity contribution in [2.24, 2.45) is 0 Å². The van der Waals surface area contributed by atoms with Crippen LogP contribution in [0.3, 0.4) is 0 Å². The molecule has 0 saturated carbocycles. The van der Waals surface area contributed by atoms with Gasteiger partial charge in [-0.25, -0.2) is 9.78 Å². The summed E-state index contributed by atoms with van der Waals surface area (Å²) in [5.41, 5.74) is 0.0251. The molecule has 1 aromatic carbocycles. The highest BCUT2D eigenvalue weighted by Gasteiger charge is 2.11. The van der Waals surface area contributed by atoms with Gasteiger partial charge in [0.1, 0.15) is 11.3 Å². The fourth-order valence-electron chi connectivity index (χ4n) is 3.67. The first-order chi connectivity index (χ1) is 19.5. The highest BCUT2D eigenvalue weighted by molar-refractivity contribution is 5.86. The summed E-state index contributed by atoms with van der Waals surface area (Å²) in [5.74, 6) is 0.566. The summed E-state index contributed by atoms with van der Waals surface area (Å²) >= 11 is 0. The van der Waals surface area contributed by atoms with Crippen LogP contribution in [0.5, 0.6) is 5.75 Å². The Balaban J connectivity index is 1.50. The number of unbranched alkanes of at least 4 members (excludes halogenated alkanes) is 1. The molecule has 0 spiro atoms. The molecular formula is C32H42N4O4. The number of hydrogen-bond donors (Lipinski definition) is 3. The molecule has 0 aliphatic rings. The quantitative estimate of drug-likeness (QED) is 0.158. The number of amides is 2. The van der Waals surface area contributed by atoms with Gasteiger partial charge in [0.2, 0.25) is 5.91 Å². The molecule has 1 heterocycles. The number of nitrogens with one attached hydrogen (secondary N) is 3. The molecule has 0 aliphatic carbocycles. The van der Waals surface area contributed by atoms with Crippen LogP contribution in [0, 0.1) is 6.92 Å². The van der Waals surface area contributed by atoms with Crippen LogP contribution in [-0.2, 0) is 4.79 Å². The molecule has 8 heteroatoms. The summed E-state index contributed by atoms with van der Waals surface area (Å²) in [6.07, 6.45) is 27.9. The van der Waals surface area contributed by atoms with Gasteiger partial charge in [-0.15, -0.1) is 0 Å². The predicted molar refractivity (Wildman–Crippen MR) is 162 cm³/mol. The summed E-state index contributed by atoms with van der Waals surface area (Å²) in [6, 6.07) is 4.81. The molecule has 2 amide bonds. The Kier molecular flexibility index (Phi) is 15.9. The molecule has 214 valence electrons. The largest absolute Gasteiger partial charge is 0.412 e. The minimum Gasteiger partial charge on any atom is -0.408 e. The maximum Gasteiger partial charge on any atom is 0.412 e. The maximum absolute atomic E-state index is 12.1. The number of ether oxygens (including phenoxy) is 1. The average molecular weight is 547 g/mol. The number of nitrogens with zero attached hydrogens (tertiary/aromatic N) is 1. The van der Waals surface area contributed by atoms with Gasteiger partial charge in [0, 0.05) is 19.5 Å². The molecular weight excluding hydrogens is 504 g/mol. The lowest BCUT2D eigenvalue weighted by molar-refractivity contribution is -0.121. The second-order valence-electron chi connectivity index (χ2n) is 9.07. The first kappa shape index (κ1) is 32.0. The maximum atomic E-state index is 12.1. The van der Waals surface area contributed by atoms with Crippen molar-refractivity contribution in [1.82, 2.24) is 20.6 Å².